The number of hydrogen-bond acceptors (Lipinski definition) is 5. The standard InChI is InChI=1S/C14H22N2O3/c1-11(17)9-15(3)14(16(4)10-12(2)18)7-5-13(19)6-8-14/h5,7H,6,8-10H2,1-4H3. The summed E-state index contributed by atoms with van der Waals surface area (Å²) in [4.78, 5) is 37.9. The van der Waals surface area contributed by atoms with E-state index in [0.717, 1.165) is 0 Å². The van der Waals surface area contributed by atoms with Gasteiger partial charge in [0.15, 0.2) is 5.78 Å². The van der Waals surface area contributed by atoms with E-state index in [2.05, 4.69) is 0 Å². The van der Waals surface area contributed by atoms with Crippen molar-refractivity contribution >= 4 is 17.3 Å². The quantitative estimate of drug-likeness (QED) is 0.660. The summed E-state index contributed by atoms with van der Waals surface area (Å²) >= 11 is 0. The summed E-state index contributed by atoms with van der Waals surface area (Å²) in [6.07, 6.45) is 4.39. The predicted molar refractivity (Wildman–Crippen MR) is 72.7 cm³/mol. The number of rotatable bonds is 6. The molecule has 0 bridgehead atoms. The lowest BCUT2D eigenvalue weighted by molar-refractivity contribution is -0.124. The lowest BCUT2D eigenvalue weighted by Gasteiger charge is -2.47. The molecule has 0 radical (unpaired) electrons. The molecule has 1 aliphatic carbocycles. The van der Waals surface area contributed by atoms with Crippen LogP contribution in [-0.4, -0.2) is 60.0 Å². The van der Waals surface area contributed by atoms with Gasteiger partial charge in [-0.15, -0.1) is 0 Å². The van der Waals surface area contributed by atoms with Crippen LogP contribution in [0, 0.1) is 0 Å². The number of allylic oxidation sites excluding steroid dienone is 1. The summed E-state index contributed by atoms with van der Waals surface area (Å²) in [5, 5.41) is 0. The van der Waals surface area contributed by atoms with Gasteiger partial charge >= 0.3 is 0 Å². The van der Waals surface area contributed by atoms with E-state index in [1.54, 1.807) is 6.08 Å². The first-order chi connectivity index (χ1) is 8.78. The van der Waals surface area contributed by atoms with Crippen LogP contribution in [0.5, 0.6) is 0 Å². The SMILES string of the molecule is CC(=O)CN(C)C1(N(C)CC(C)=O)C=CC(=O)CC1. The Hall–Kier alpha value is -1.33. The van der Waals surface area contributed by atoms with Crippen LogP contribution in [0.3, 0.4) is 0 Å². The van der Waals surface area contributed by atoms with E-state index < -0.39 is 5.66 Å². The average Bonchev–Trinajstić information content (AvgIpc) is 2.28. The molecular formula is C14H22N2O3. The Morgan fingerprint density at radius 3 is 1.95 bits per heavy atom. The zero-order valence-electron chi connectivity index (χ0n) is 12.1. The molecule has 19 heavy (non-hydrogen) atoms. The Morgan fingerprint density at radius 2 is 1.63 bits per heavy atom. The van der Waals surface area contributed by atoms with Crippen LogP contribution < -0.4 is 0 Å². The molecule has 0 spiro atoms. The number of Topliss-reactive ketones (excluding diaryl/α,β-unsaturated/α-hetero) is 2. The summed E-state index contributed by atoms with van der Waals surface area (Å²) in [7, 11) is 3.69. The van der Waals surface area contributed by atoms with Gasteiger partial charge in [-0.2, -0.15) is 0 Å². The van der Waals surface area contributed by atoms with Crippen molar-refractivity contribution in [3.8, 4) is 0 Å². The second-order valence-electron chi connectivity index (χ2n) is 5.29. The maximum Gasteiger partial charge on any atom is 0.155 e. The lowest BCUT2D eigenvalue weighted by Crippen LogP contribution is -2.59. The number of nitrogens with zero attached hydrogens (tertiary/aromatic N) is 2. The topological polar surface area (TPSA) is 57.7 Å². The van der Waals surface area contributed by atoms with Crippen molar-refractivity contribution < 1.29 is 14.4 Å². The molecular weight excluding hydrogens is 244 g/mol. The van der Waals surface area contributed by atoms with Gasteiger partial charge in [-0.25, -0.2) is 0 Å². The fourth-order valence-electron chi connectivity index (χ4n) is 2.57. The Morgan fingerprint density at radius 1 is 1.16 bits per heavy atom. The van der Waals surface area contributed by atoms with E-state index in [9.17, 15) is 14.4 Å². The van der Waals surface area contributed by atoms with Gasteiger partial charge in [0.25, 0.3) is 0 Å². The summed E-state index contributed by atoms with van der Waals surface area (Å²) < 4.78 is 0. The van der Waals surface area contributed by atoms with Crippen LogP contribution in [0.15, 0.2) is 12.2 Å². The van der Waals surface area contributed by atoms with Crippen molar-refractivity contribution in [2.75, 3.05) is 27.2 Å². The summed E-state index contributed by atoms with van der Waals surface area (Å²) in [6.45, 7) is 3.65. The fourth-order valence-corrected chi connectivity index (χ4v) is 2.57. The highest BCUT2D eigenvalue weighted by atomic mass is 16.1. The van der Waals surface area contributed by atoms with Gasteiger partial charge in [0.05, 0.1) is 18.8 Å². The number of likely N-dealkylation sites (N-methyl/N-ethyl adjacent to an activating group) is 2. The van der Waals surface area contributed by atoms with E-state index in [0.29, 0.717) is 25.9 Å². The normalized spacial score (nSPS) is 18.1. The van der Waals surface area contributed by atoms with Crippen LogP contribution >= 0.6 is 0 Å². The molecule has 0 fully saturated rings. The summed E-state index contributed by atoms with van der Waals surface area (Å²) in [5.74, 6) is 0.204. The molecule has 0 saturated heterocycles. The van der Waals surface area contributed by atoms with Crippen molar-refractivity contribution in [2.24, 2.45) is 0 Å². The van der Waals surface area contributed by atoms with Gasteiger partial charge in [0.2, 0.25) is 0 Å². The molecule has 0 aromatic heterocycles. The molecule has 0 aromatic rings. The highest BCUT2D eigenvalue weighted by molar-refractivity contribution is 5.91. The van der Waals surface area contributed by atoms with Crippen LogP contribution in [0.2, 0.25) is 0 Å². The van der Waals surface area contributed by atoms with Crippen LogP contribution in [0.25, 0.3) is 0 Å². The second-order valence-corrected chi connectivity index (χ2v) is 5.29. The third-order valence-corrected chi connectivity index (χ3v) is 3.52. The fraction of sp³-hybridized carbons (Fsp3) is 0.643. The van der Waals surface area contributed by atoms with E-state index in [1.807, 2.05) is 30.0 Å². The molecule has 0 amide bonds. The first-order valence-corrected chi connectivity index (χ1v) is 6.41. The number of carbonyl (C=O) groups is 3. The Kier molecular flexibility index (Phi) is 5.14. The smallest absolute Gasteiger partial charge is 0.155 e. The third kappa shape index (κ3) is 3.81. The summed E-state index contributed by atoms with van der Waals surface area (Å²) in [5.41, 5.74) is -0.536. The first kappa shape index (κ1) is 15.7. The van der Waals surface area contributed by atoms with Crippen molar-refractivity contribution in [3.05, 3.63) is 12.2 Å². The predicted octanol–water partition coefficient (Wildman–Crippen LogP) is 0.643. The minimum atomic E-state index is -0.536. The van der Waals surface area contributed by atoms with Gasteiger partial charge in [-0.3, -0.25) is 24.2 Å². The molecule has 1 rings (SSSR count). The van der Waals surface area contributed by atoms with E-state index >= 15 is 0 Å². The highest BCUT2D eigenvalue weighted by Crippen LogP contribution is 2.29. The largest absolute Gasteiger partial charge is 0.299 e. The maximum atomic E-state index is 11.4. The molecule has 5 heteroatoms. The Bertz CT molecular complexity index is 393. The van der Waals surface area contributed by atoms with Crippen molar-refractivity contribution in [1.29, 1.82) is 0 Å². The monoisotopic (exact) mass is 266 g/mol. The van der Waals surface area contributed by atoms with E-state index in [-0.39, 0.29) is 17.3 Å². The Balaban J connectivity index is 3.03. The maximum absolute atomic E-state index is 11.4. The first-order valence-electron chi connectivity index (χ1n) is 6.41. The second kappa shape index (κ2) is 6.21. The van der Waals surface area contributed by atoms with Gasteiger partial charge in [0, 0.05) is 6.42 Å². The van der Waals surface area contributed by atoms with Crippen molar-refractivity contribution in [1.82, 2.24) is 9.80 Å². The highest BCUT2D eigenvalue weighted by Gasteiger charge is 2.39. The molecule has 1 aliphatic rings. The Labute approximate surface area is 114 Å². The minimum absolute atomic E-state index is 0.0587. The molecule has 0 atom stereocenters. The van der Waals surface area contributed by atoms with Crippen LogP contribution in [0.4, 0.5) is 0 Å². The molecule has 0 aliphatic heterocycles. The summed E-state index contributed by atoms with van der Waals surface area (Å²) in [6, 6.07) is 0. The van der Waals surface area contributed by atoms with Crippen LogP contribution in [-0.2, 0) is 14.4 Å². The molecule has 0 N–H and O–H groups in total. The van der Waals surface area contributed by atoms with E-state index in [4.69, 9.17) is 0 Å². The van der Waals surface area contributed by atoms with Crippen molar-refractivity contribution in [2.45, 2.75) is 32.4 Å². The van der Waals surface area contributed by atoms with Gasteiger partial charge in [-0.05, 0) is 46.5 Å². The molecule has 0 heterocycles. The number of ketones is 3. The zero-order valence-corrected chi connectivity index (χ0v) is 12.1. The van der Waals surface area contributed by atoms with Gasteiger partial charge in [0.1, 0.15) is 11.6 Å². The van der Waals surface area contributed by atoms with Gasteiger partial charge < -0.3 is 0 Å². The third-order valence-electron chi connectivity index (χ3n) is 3.52. The average molecular weight is 266 g/mol. The minimum Gasteiger partial charge on any atom is -0.299 e. The molecule has 106 valence electrons. The number of hydrogen-bond donors (Lipinski definition) is 0. The number of carbonyl (C=O) groups excluding carboxylic acids is 3. The molecule has 0 saturated carbocycles. The lowest BCUT2D eigenvalue weighted by atomic mass is 9.91. The molecule has 0 aromatic carbocycles. The molecule has 5 nitrogen and oxygen atoms in total. The zero-order chi connectivity index (χ0) is 14.6. The van der Waals surface area contributed by atoms with Crippen molar-refractivity contribution in [3.63, 3.8) is 0 Å². The molecule has 0 unspecified atom stereocenters. The van der Waals surface area contributed by atoms with Crippen LogP contribution in [0.1, 0.15) is 26.7 Å². The van der Waals surface area contributed by atoms with E-state index in [1.165, 1.54) is 13.8 Å². The van der Waals surface area contributed by atoms with Gasteiger partial charge in [-0.1, -0.05) is 0 Å².